The molecule has 0 atom stereocenters. The van der Waals surface area contributed by atoms with Gasteiger partial charge in [-0.15, -0.1) is 0 Å². The van der Waals surface area contributed by atoms with Gasteiger partial charge in [-0.2, -0.15) is 8.42 Å². The molecule has 0 bridgehead atoms. The molecule has 2 N–H and O–H groups in total. The van der Waals surface area contributed by atoms with Crippen LogP contribution >= 0.6 is 0 Å². The van der Waals surface area contributed by atoms with Crippen LogP contribution in [0.5, 0.6) is 0 Å². The second-order valence-corrected chi connectivity index (χ2v) is 11.8. The van der Waals surface area contributed by atoms with E-state index >= 15 is 0 Å². The standard InChI is InChI=1S/C30H33N7O4S/c1-22-5-10-26(18-28(22)34-30-32-13-11-27(33-30)25-4-3-12-31-19-25)37(21-42(39,40)41)29(38)24-8-6-23(7-9-24)20-36-16-14-35(2)15-17-36/h3-13,18-19H,14-17,20-21H2,1-2H3,(H,32,33,34)(H,39,40,41). The monoisotopic (exact) mass is 587 g/mol. The maximum absolute atomic E-state index is 13.6. The van der Waals surface area contributed by atoms with Crippen LogP contribution in [0.2, 0.25) is 0 Å². The zero-order chi connectivity index (χ0) is 29.7. The summed E-state index contributed by atoms with van der Waals surface area (Å²) in [6.07, 6.45) is 5.01. The van der Waals surface area contributed by atoms with E-state index in [1.165, 1.54) is 0 Å². The van der Waals surface area contributed by atoms with E-state index in [1.807, 2.05) is 31.2 Å². The van der Waals surface area contributed by atoms with Crippen LogP contribution in [0.15, 0.2) is 79.3 Å². The second-order valence-electron chi connectivity index (χ2n) is 10.4. The van der Waals surface area contributed by atoms with Crippen molar-refractivity contribution in [3.63, 3.8) is 0 Å². The molecule has 3 heterocycles. The highest BCUT2D eigenvalue weighted by Crippen LogP contribution is 2.28. The minimum Gasteiger partial charge on any atom is -0.324 e. The van der Waals surface area contributed by atoms with E-state index in [-0.39, 0.29) is 5.69 Å². The van der Waals surface area contributed by atoms with Gasteiger partial charge in [0.25, 0.3) is 16.0 Å². The molecular weight excluding hydrogens is 554 g/mol. The van der Waals surface area contributed by atoms with E-state index in [1.54, 1.807) is 55.0 Å². The lowest BCUT2D eigenvalue weighted by Gasteiger charge is -2.32. The lowest BCUT2D eigenvalue weighted by molar-refractivity contribution is 0.0990. The number of hydrogen-bond acceptors (Lipinski definition) is 9. The Morgan fingerprint density at radius 3 is 2.48 bits per heavy atom. The van der Waals surface area contributed by atoms with E-state index in [9.17, 15) is 17.8 Å². The Balaban J connectivity index is 1.38. The first-order chi connectivity index (χ1) is 20.1. The Hall–Kier alpha value is -4.23. The van der Waals surface area contributed by atoms with Gasteiger partial charge in [-0.1, -0.05) is 18.2 Å². The zero-order valence-corrected chi connectivity index (χ0v) is 24.3. The summed E-state index contributed by atoms with van der Waals surface area (Å²) in [7, 11) is -2.42. The molecule has 11 nitrogen and oxygen atoms in total. The molecule has 1 aliphatic rings. The molecule has 1 aliphatic heterocycles. The maximum atomic E-state index is 13.6. The highest BCUT2D eigenvalue weighted by atomic mass is 32.2. The van der Waals surface area contributed by atoms with Crippen LogP contribution in [0.1, 0.15) is 21.5 Å². The molecule has 2 aromatic carbocycles. The summed E-state index contributed by atoms with van der Waals surface area (Å²) in [6, 6.07) is 17.7. The Bertz CT molecular complexity index is 1640. The molecule has 0 unspecified atom stereocenters. The van der Waals surface area contributed by atoms with Gasteiger partial charge >= 0.3 is 0 Å². The van der Waals surface area contributed by atoms with Crippen molar-refractivity contribution in [3.8, 4) is 11.3 Å². The van der Waals surface area contributed by atoms with Crippen molar-refractivity contribution in [2.75, 3.05) is 49.3 Å². The number of rotatable bonds is 9. The number of carbonyl (C=O) groups excluding carboxylic acids is 1. The summed E-state index contributed by atoms with van der Waals surface area (Å²) < 4.78 is 33.7. The summed E-state index contributed by atoms with van der Waals surface area (Å²) in [5.74, 6) is -1.13. The molecular formula is C30H33N7O4S. The van der Waals surface area contributed by atoms with Crippen LogP contribution in [0.3, 0.4) is 0 Å². The Labute approximate surface area is 245 Å². The number of amides is 1. The number of benzene rings is 2. The summed E-state index contributed by atoms with van der Waals surface area (Å²) in [5.41, 5.74) is 4.56. The highest BCUT2D eigenvalue weighted by molar-refractivity contribution is 7.85. The molecule has 0 spiro atoms. The van der Waals surface area contributed by atoms with Gasteiger partial charge in [0.05, 0.1) is 5.69 Å². The van der Waals surface area contributed by atoms with Crippen molar-refractivity contribution in [1.82, 2.24) is 24.8 Å². The molecule has 12 heteroatoms. The number of pyridine rings is 1. The minimum absolute atomic E-state index is 0.288. The Morgan fingerprint density at radius 2 is 1.79 bits per heavy atom. The lowest BCUT2D eigenvalue weighted by atomic mass is 10.1. The van der Waals surface area contributed by atoms with Crippen molar-refractivity contribution in [3.05, 3.63) is 95.9 Å². The fourth-order valence-corrected chi connectivity index (χ4v) is 5.31. The number of hydrogen-bond donors (Lipinski definition) is 2. The number of aryl methyl sites for hydroxylation is 1. The highest BCUT2D eigenvalue weighted by Gasteiger charge is 2.24. The summed E-state index contributed by atoms with van der Waals surface area (Å²) >= 11 is 0. The van der Waals surface area contributed by atoms with Crippen molar-refractivity contribution in [1.29, 1.82) is 0 Å². The second kappa shape index (κ2) is 12.7. The van der Waals surface area contributed by atoms with Gasteiger partial charge in [0.15, 0.2) is 5.88 Å². The van der Waals surface area contributed by atoms with Gasteiger partial charge in [-0.05, 0) is 67.6 Å². The van der Waals surface area contributed by atoms with Gasteiger partial charge < -0.3 is 10.2 Å². The fourth-order valence-electron chi connectivity index (χ4n) is 4.71. The number of likely N-dealkylation sites (N-methyl/N-ethyl adjacent to an activating group) is 1. The molecule has 0 aliphatic carbocycles. The van der Waals surface area contributed by atoms with E-state index in [0.29, 0.717) is 22.9 Å². The molecule has 0 saturated carbocycles. The Kier molecular flexibility index (Phi) is 8.88. The molecule has 0 radical (unpaired) electrons. The number of nitrogens with one attached hydrogen (secondary N) is 1. The topological polar surface area (TPSA) is 132 Å². The molecule has 5 rings (SSSR count). The Morgan fingerprint density at radius 1 is 1.02 bits per heavy atom. The predicted molar refractivity (Wildman–Crippen MR) is 162 cm³/mol. The first-order valence-electron chi connectivity index (χ1n) is 13.5. The average molecular weight is 588 g/mol. The van der Waals surface area contributed by atoms with Gasteiger partial charge in [-0.25, -0.2) is 9.97 Å². The zero-order valence-electron chi connectivity index (χ0n) is 23.5. The van der Waals surface area contributed by atoms with Crippen LogP contribution in [-0.2, 0) is 16.7 Å². The van der Waals surface area contributed by atoms with E-state index in [0.717, 1.165) is 54.3 Å². The third-order valence-corrected chi connectivity index (χ3v) is 7.72. The quantitative estimate of drug-likeness (QED) is 0.279. The van der Waals surface area contributed by atoms with Crippen LogP contribution < -0.4 is 10.2 Å². The van der Waals surface area contributed by atoms with Crippen LogP contribution in [0.25, 0.3) is 11.3 Å². The molecule has 4 aromatic rings. The van der Waals surface area contributed by atoms with E-state index in [2.05, 4.69) is 37.1 Å². The van der Waals surface area contributed by atoms with E-state index in [4.69, 9.17) is 0 Å². The van der Waals surface area contributed by atoms with Crippen LogP contribution in [0.4, 0.5) is 17.3 Å². The van der Waals surface area contributed by atoms with Gasteiger partial charge in [0.2, 0.25) is 5.95 Å². The number of aromatic nitrogens is 3. The normalized spacial score (nSPS) is 14.5. The van der Waals surface area contributed by atoms with E-state index < -0.39 is 21.9 Å². The molecule has 218 valence electrons. The minimum atomic E-state index is -4.53. The largest absolute Gasteiger partial charge is 0.324 e. The van der Waals surface area contributed by atoms with Crippen LogP contribution in [-0.4, -0.2) is 82.7 Å². The SMILES string of the molecule is Cc1ccc(N(CS(=O)(=O)O)C(=O)c2ccc(CN3CCN(C)CC3)cc2)cc1Nc1nccc(-c2cccnc2)n1. The number of piperazine rings is 1. The lowest BCUT2D eigenvalue weighted by Crippen LogP contribution is -2.43. The number of carbonyl (C=O) groups is 1. The first-order valence-corrected chi connectivity index (χ1v) is 15.1. The third-order valence-electron chi connectivity index (χ3n) is 7.13. The van der Waals surface area contributed by atoms with Gasteiger partial charge in [0.1, 0.15) is 0 Å². The van der Waals surface area contributed by atoms with Crippen molar-refractivity contribution >= 4 is 33.3 Å². The van der Waals surface area contributed by atoms with Crippen molar-refractivity contribution in [2.45, 2.75) is 13.5 Å². The molecule has 1 fully saturated rings. The molecule has 1 saturated heterocycles. The third kappa shape index (κ3) is 7.53. The average Bonchev–Trinajstić information content (AvgIpc) is 2.98. The smallest absolute Gasteiger partial charge is 0.283 e. The predicted octanol–water partition coefficient (Wildman–Crippen LogP) is 3.83. The summed E-state index contributed by atoms with van der Waals surface area (Å²) in [6.45, 7) is 6.61. The van der Waals surface area contributed by atoms with Crippen molar-refractivity contribution < 1.29 is 17.8 Å². The first kappa shape index (κ1) is 29.3. The number of nitrogens with zero attached hydrogens (tertiary/aromatic N) is 6. The molecule has 42 heavy (non-hydrogen) atoms. The fraction of sp³-hybridized carbons (Fsp3) is 0.267. The number of anilines is 3. The molecule has 2 aromatic heterocycles. The summed E-state index contributed by atoms with van der Waals surface area (Å²) in [5, 5.41) is 3.17. The van der Waals surface area contributed by atoms with Crippen molar-refractivity contribution in [2.24, 2.45) is 0 Å². The van der Waals surface area contributed by atoms with Gasteiger partial charge in [0, 0.05) is 73.8 Å². The van der Waals surface area contributed by atoms with Gasteiger partial charge in [-0.3, -0.25) is 24.1 Å². The maximum Gasteiger partial charge on any atom is 0.283 e. The summed E-state index contributed by atoms with van der Waals surface area (Å²) in [4.78, 5) is 32.3. The molecule has 1 amide bonds. The van der Waals surface area contributed by atoms with Crippen LogP contribution in [0, 0.1) is 6.92 Å².